The molecule has 0 aliphatic carbocycles. The van der Waals surface area contributed by atoms with E-state index in [1.807, 2.05) is 51.7 Å². The largest absolute Gasteiger partial charge is 0.459 e. The Bertz CT molecular complexity index is 1270. The van der Waals surface area contributed by atoms with Crippen molar-refractivity contribution in [2.24, 2.45) is 17.8 Å². The lowest BCUT2D eigenvalue weighted by atomic mass is 9.77. The van der Waals surface area contributed by atoms with Crippen molar-refractivity contribution in [3.05, 3.63) is 0 Å². The molecule has 328 valence electrons. The predicted molar refractivity (Wildman–Crippen MR) is 208 cm³/mol. The Kier molecular flexibility index (Phi) is 17.2. The van der Waals surface area contributed by atoms with Crippen molar-refractivity contribution in [2.75, 3.05) is 34.8 Å². The van der Waals surface area contributed by atoms with Crippen LogP contribution in [-0.4, -0.2) is 167 Å². The minimum absolute atomic E-state index is 0.116. The minimum Gasteiger partial charge on any atom is -0.459 e. The monoisotopic (exact) mass is 805 g/mol. The third-order valence-corrected chi connectivity index (χ3v) is 12.7. The second-order valence-corrected chi connectivity index (χ2v) is 18.0. The molecule has 15 nitrogen and oxygen atoms in total. The maximum atomic E-state index is 14.3. The molecule has 18 atom stereocenters. The van der Waals surface area contributed by atoms with Crippen molar-refractivity contribution in [3.63, 3.8) is 0 Å². The van der Waals surface area contributed by atoms with Gasteiger partial charge in [0.2, 0.25) is 0 Å². The molecule has 3 heterocycles. The van der Waals surface area contributed by atoms with Crippen LogP contribution in [0, 0.1) is 17.8 Å². The predicted octanol–water partition coefficient (Wildman–Crippen LogP) is 2.86. The molecule has 0 amide bonds. The van der Waals surface area contributed by atoms with E-state index in [0.29, 0.717) is 13.0 Å². The van der Waals surface area contributed by atoms with Crippen molar-refractivity contribution >= 4 is 11.9 Å². The highest BCUT2D eigenvalue weighted by Gasteiger charge is 2.53. The van der Waals surface area contributed by atoms with Crippen LogP contribution in [0.25, 0.3) is 0 Å². The number of aliphatic hydroxyl groups is 4. The number of carbonyl (C=O) groups is 2. The van der Waals surface area contributed by atoms with Gasteiger partial charge in [0.15, 0.2) is 18.7 Å². The standard InChI is InChI=1S/C41H76N2O13/c1-16-29-41(11,49)34(45)26(7)43(14)21-22(3)19-39(9,48)36(56-38-33(54-30(44)17-2)28(42(12)13)18-23(4)51-38)24(5)32(25(6)37(47)53-29)55-31-20-40(10,50-15)35(46)27(8)52-31/h22-29,31-36,38,45-46,48-49H,16-21H2,1-15H3/t22-,23-,24+,25-,26-,27+,28+,29-,31+,32+,33-,34-,35+,36-,38+,39-,40-,41-/m1/s1. The molecule has 0 saturated carbocycles. The number of hydrogen-bond donors (Lipinski definition) is 4. The summed E-state index contributed by atoms with van der Waals surface area (Å²) >= 11 is 0. The molecular formula is C41H76N2O13. The second kappa shape index (κ2) is 19.7. The van der Waals surface area contributed by atoms with Crippen LogP contribution in [0.1, 0.15) is 108 Å². The third kappa shape index (κ3) is 11.2. The Morgan fingerprint density at radius 1 is 0.946 bits per heavy atom. The van der Waals surface area contributed by atoms with E-state index in [4.69, 9.17) is 33.2 Å². The molecular weight excluding hydrogens is 728 g/mol. The second-order valence-electron chi connectivity index (χ2n) is 18.0. The molecule has 56 heavy (non-hydrogen) atoms. The molecule has 3 aliphatic rings. The summed E-state index contributed by atoms with van der Waals surface area (Å²) in [5.41, 5.74) is -4.46. The van der Waals surface area contributed by atoms with E-state index < -0.39 is 102 Å². The number of carbonyl (C=O) groups excluding carboxylic acids is 2. The zero-order valence-corrected chi connectivity index (χ0v) is 36.8. The van der Waals surface area contributed by atoms with Gasteiger partial charge in [0.25, 0.3) is 0 Å². The van der Waals surface area contributed by atoms with E-state index in [2.05, 4.69) is 0 Å². The van der Waals surface area contributed by atoms with Gasteiger partial charge in [-0.3, -0.25) is 9.59 Å². The first kappa shape index (κ1) is 48.9. The fraction of sp³-hybridized carbons (Fsp3) is 0.951. The number of likely N-dealkylation sites (N-methyl/N-ethyl adjacent to an activating group) is 2. The number of aliphatic hydroxyl groups excluding tert-OH is 2. The zero-order valence-electron chi connectivity index (χ0n) is 36.8. The molecule has 0 aromatic heterocycles. The Morgan fingerprint density at radius 2 is 1.57 bits per heavy atom. The van der Waals surface area contributed by atoms with Gasteiger partial charge in [0, 0.05) is 38.5 Å². The minimum atomic E-state index is -1.82. The zero-order chi connectivity index (χ0) is 42.7. The van der Waals surface area contributed by atoms with Crippen LogP contribution in [0.3, 0.4) is 0 Å². The SMILES string of the molecule is CCC(=O)O[C@H]1[C@H](O[C@@H]2[C@@H](C)[C@H](O[C@H]3C[C@@](C)(OC)[C@@H](O)[C@H](C)O3)[C@@H](C)C(=O)O[C@H](CC)[C@@](C)(O)[C@H](O)[C@@H](C)N(C)C[C@H](C)C[C@@]2(C)O)O[C@H](C)C[C@@H]1N(C)C. The van der Waals surface area contributed by atoms with Crippen molar-refractivity contribution in [1.29, 1.82) is 0 Å². The molecule has 0 aromatic rings. The van der Waals surface area contributed by atoms with Gasteiger partial charge in [-0.1, -0.05) is 27.7 Å². The average Bonchev–Trinajstić information content (AvgIpc) is 3.12. The smallest absolute Gasteiger partial charge is 0.311 e. The number of hydrogen-bond acceptors (Lipinski definition) is 15. The Balaban J connectivity index is 2.23. The van der Waals surface area contributed by atoms with Crippen molar-refractivity contribution in [1.82, 2.24) is 9.80 Å². The molecule has 3 fully saturated rings. The van der Waals surface area contributed by atoms with Gasteiger partial charge in [-0.05, 0) is 94.8 Å². The van der Waals surface area contributed by atoms with Gasteiger partial charge in [0.1, 0.15) is 23.9 Å². The number of methoxy groups -OCH3 is 1. The summed E-state index contributed by atoms with van der Waals surface area (Å²) < 4.78 is 44.1. The van der Waals surface area contributed by atoms with E-state index in [9.17, 15) is 30.0 Å². The number of cyclic esters (lactones) is 1. The molecule has 3 rings (SSSR count). The van der Waals surface area contributed by atoms with Gasteiger partial charge in [-0.25, -0.2) is 0 Å². The highest BCUT2D eigenvalue weighted by atomic mass is 16.7. The fourth-order valence-corrected chi connectivity index (χ4v) is 9.08. The van der Waals surface area contributed by atoms with Crippen LogP contribution in [0.5, 0.6) is 0 Å². The molecule has 0 spiro atoms. The summed E-state index contributed by atoms with van der Waals surface area (Å²) in [4.78, 5) is 31.1. The Labute approximate surface area is 335 Å². The van der Waals surface area contributed by atoms with Crippen LogP contribution >= 0.6 is 0 Å². The van der Waals surface area contributed by atoms with E-state index in [0.717, 1.165) is 0 Å². The lowest BCUT2D eigenvalue weighted by Gasteiger charge is -2.49. The fourth-order valence-electron chi connectivity index (χ4n) is 9.08. The molecule has 15 heteroatoms. The molecule has 4 N–H and O–H groups in total. The lowest BCUT2D eigenvalue weighted by Crippen LogP contribution is -2.61. The number of rotatable bonds is 9. The summed E-state index contributed by atoms with van der Waals surface area (Å²) in [7, 11) is 7.15. The van der Waals surface area contributed by atoms with Crippen molar-refractivity contribution in [3.8, 4) is 0 Å². The summed E-state index contributed by atoms with van der Waals surface area (Å²) in [6.07, 6.45) is -8.12. The quantitative estimate of drug-likeness (QED) is 0.249. The first-order valence-corrected chi connectivity index (χ1v) is 20.6. The van der Waals surface area contributed by atoms with E-state index in [1.165, 1.54) is 14.0 Å². The molecule has 3 saturated heterocycles. The lowest BCUT2D eigenvalue weighted by molar-refractivity contribution is -0.319. The van der Waals surface area contributed by atoms with Crippen LogP contribution in [0.2, 0.25) is 0 Å². The molecule has 0 radical (unpaired) electrons. The molecule has 3 aliphatic heterocycles. The maximum Gasteiger partial charge on any atom is 0.311 e. The summed E-state index contributed by atoms with van der Waals surface area (Å²) in [5, 5.41) is 47.0. The van der Waals surface area contributed by atoms with Crippen molar-refractivity contribution in [2.45, 2.75) is 199 Å². The van der Waals surface area contributed by atoms with Crippen LogP contribution in [0.4, 0.5) is 0 Å². The Morgan fingerprint density at radius 3 is 2.12 bits per heavy atom. The third-order valence-electron chi connectivity index (χ3n) is 12.7. The van der Waals surface area contributed by atoms with Crippen molar-refractivity contribution < 1.29 is 63.2 Å². The van der Waals surface area contributed by atoms with Gasteiger partial charge in [0.05, 0.1) is 47.6 Å². The van der Waals surface area contributed by atoms with Gasteiger partial charge >= 0.3 is 11.9 Å². The van der Waals surface area contributed by atoms with Crippen LogP contribution in [0.15, 0.2) is 0 Å². The summed E-state index contributed by atoms with van der Waals surface area (Å²) in [6, 6.07) is -0.822. The van der Waals surface area contributed by atoms with Gasteiger partial charge < -0.3 is 63.4 Å². The normalized spacial score (nSPS) is 46.8. The van der Waals surface area contributed by atoms with Crippen LogP contribution in [-0.2, 0) is 42.7 Å². The summed E-state index contributed by atoms with van der Waals surface area (Å²) in [5.74, 6) is -3.11. The molecule has 0 unspecified atom stereocenters. The highest BCUT2D eigenvalue weighted by Crippen LogP contribution is 2.40. The highest BCUT2D eigenvalue weighted by molar-refractivity contribution is 5.73. The van der Waals surface area contributed by atoms with E-state index in [1.54, 1.807) is 48.5 Å². The van der Waals surface area contributed by atoms with E-state index in [-0.39, 0.29) is 43.7 Å². The maximum absolute atomic E-state index is 14.3. The first-order valence-electron chi connectivity index (χ1n) is 20.6. The first-order chi connectivity index (χ1) is 25.8. The van der Waals surface area contributed by atoms with Gasteiger partial charge in [-0.15, -0.1) is 0 Å². The number of ether oxygens (including phenoxy) is 7. The molecule has 0 aromatic carbocycles. The van der Waals surface area contributed by atoms with E-state index >= 15 is 0 Å². The molecule has 0 bridgehead atoms. The Hall–Kier alpha value is -1.50. The van der Waals surface area contributed by atoms with Crippen LogP contribution < -0.4 is 0 Å². The topological polar surface area (TPSA) is 186 Å². The average molecular weight is 805 g/mol. The summed E-state index contributed by atoms with van der Waals surface area (Å²) in [6.45, 7) is 19.7. The number of esters is 2. The van der Waals surface area contributed by atoms with Gasteiger partial charge in [-0.2, -0.15) is 0 Å². The number of nitrogens with zero attached hydrogens (tertiary/aromatic N) is 2.